The highest BCUT2D eigenvalue weighted by molar-refractivity contribution is 7.09. The molecule has 0 radical (unpaired) electrons. The summed E-state index contributed by atoms with van der Waals surface area (Å²) in [7, 11) is 0. The van der Waals surface area contributed by atoms with Gasteiger partial charge in [0, 0.05) is 11.6 Å². The first kappa shape index (κ1) is 10.1. The Bertz CT molecular complexity index is 399. The van der Waals surface area contributed by atoms with Gasteiger partial charge in [0.05, 0.1) is 0 Å². The number of benzene rings is 1. The molecule has 4 heteroatoms. The largest absolute Gasteiger partial charge is 0.486 e. The van der Waals surface area contributed by atoms with Gasteiger partial charge in [-0.3, -0.25) is 0 Å². The third kappa shape index (κ3) is 2.76. The molecule has 0 N–H and O–H groups in total. The summed E-state index contributed by atoms with van der Waals surface area (Å²) in [5.41, 5.74) is 0.664. The highest BCUT2D eigenvalue weighted by Gasteiger charge is 1.98. The minimum Gasteiger partial charge on any atom is -0.486 e. The van der Waals surface area contributed by atoms with E-state index in [-0.39, 0.29) is 0 Å². The van der Waals surface area contributed by atoms with E-state index in [1.54, 1.807) is 41.8 Å². The number of rotatable bonds is 4. The van der Waals surface area contributed by atoms with Crippen LogP contribution in [0.15, 0.2) is 35.8 Å². The second-order valence-electron chi connectivity index (χ2n) is 2.99. The van der Waals surface area contributed by atoms with Crippen molar-refractivity contribution < 1.29 is 9.13 Å². The Morgan fingerprint density at radius 2 is 2.07 bits per heavy atom. The molecule has 0 fully saturated rings. The number of hydrogen-bond acceptors (Lipinski definition) is 3. The molecule has 0 bridgehead atoms. The molecule has 2 rings (SSSR count). The summed E-state index contributed by atoms with van der Waals surface area (Å²) in [6.07, 6.45) is 1.75. The fourth-order valence-corrected chi connectivity index (χ4v) is 1.67. The Morgan fingerprint density at radius 1 is 1.27 bits per heavy atom. The molecule has 1 aromatic heterocycles. The van der Waals surface area contributed by atoms with Crippen molar-refractivity contribution >= 4 is 11.3 Å². The van der Waals surface area contributed by atoms with E-state index in [9.17, 15) is 4.39 Å². The van der Waals surface area contributed by atoms with Crippen molar-refractivity contribution in [3.05, 3.63) is 46.4 Å². The lowest BCUT2D eigenvalue weighted by Gasteiger charge is -2.03. The number of ether oxygens (including phenoxy) is 1. The van der Waals surface area contributed by atoms with E-state index < -0.39 is 6.67 Å². The molecule has 1 heterocycles. The van der Waals surface area contributed by atoms with Crippen LogP contribution in [0.4, 0.5) is 4.39 Å². The number of thiazole rings is 1. The first-order valence-electron chi connectivity index (χ1n) is 4.54. The van der Waals surface area contributed by atoms with Crippen molar-refractivity contribution in [2.45, 2.75) is 13.3 Å². The Labute approximate surface area is 91.4 Å². The van der Waals surface area contributed by atoms with Crippen molar-refractivity contribution in [2.24, 2.45) is 0 Å². The van der Waals surface area contributed by atoms with Crippen LogP contribution in [0.25, 0.3) is 0 Å². The monoisotopic (exact) mass is 223 g/mol. The molecule has 0 amide bonds. The lowest BCUT2D eigenvalue weighted by atomic mass is 10.2. The van der Waals surface area contributed by atoms with Crippen molar-refractivity contribution in [3.63, 3.8) is 0 Å². The zero-order valence-corrected chi connectivity index (χ0v) is 8.84. The second kappa shape index (κ2) is 4.89. The molecule has 0 saturated carbocycles. The Morgan fingerprint density at radius 3 is 2.67 bits per heavy atom. The van der Waals surface area contributed by atoms with Gasteiger partial charge in [-0.2, -0.15) is 0 Å². The van der Waals surface area contributed by atoms with Crippen LogP contribution in [0, 0.1) is 0 Å². The topological polar surface area (TPSA) is 22.1 Å². The second-order valence-corrected chi connectivity index (χ2v) is 3.97. The predicted octanol–water partition coefficient (Wildman–Crippen LogP) is 3.19. The van der Waals surface area contributed by atoms with Crippen LogP contribution in [-0.2, 0) is 13.3 Å². The van der Waals surface area contributed by atoms with Gasteiger partial charge in [0.1, 0.15) is 24.0 Å². The molecule has 0 spiro atoms. The van der Waals surface area contributed by atoms with E-state index in [0.717, 1.165) is 10.8 Å². The maximum absolute atomic E-state index is 12.2. The van der Waals surface area contributed by atoms with Crippen molar-refractivity contribution in [3.8, 4) is 5.75 Å². The minimum atomic E-state index is -0.438. The van der Waals surface area contributed by atoms with Gasteiger partial charge >= 0.3 is 0 Å². The summed E-state index contributed by atoms with van der Waals surface area (Å²) >= 11 is 1.55. The molecule has 1 aromatic carbocycles. The molecule has 0 aliphatic rings. The SMILES string of the molecule is FCc1ccc(OCc2nccs2)cc1. The van der Waals surface area contributed by atoms with E-state index in [2.05, 4.69) is 4.98 Å². The number of nitrogens with zero attached hydrogens (tertiary/aromatic N) is 1. The van der Waals surface area contributed by atoms with E-state index >= 15 is 0 Å². The fraction of sp³-hybridized carbons (Fsp3) is 0.182. The molecule has 0 saturated heterocycles. The summed E-state index contributed by atoms with van der Waals surface area (Å²) < 4.78 is 17.7. The third-order valence-corrected chi connectivity index (χ3v) is 2.68. The quantitative estimate of drug-likeness (QED) is 0.794. The fourth-order valence-electron chi connectivity index (χ4n) is 1.14. The highest BCUT2D eigenvalue weighted by atomic mass is 32.1. The van der Waals surface area contributed by atoms with Crippen LogP contribution in [0.3, 0.4) is 0 Å². The Hall–Kier alpha value is -1.42. The van der Waals surface area contributed by atoms with Crippen LogP contribution in [0.2, 0.25) is 0 Å². The molecule has 78 valence electrons. The van der Waals surface area contributed by atoms with Gasteiger partial charge in [-0.05, 0) is 17.7 Å². The molecule has 0 aliphatic heterocycles. The van der Waals surface area contributed by atoms with E-state index in [1.165, 1.54) is 0 Å². The summed E-state index contributed by atoms with van der Waals surface area (Å²) in [5, 5.41) is 2.84. The molecule has 15 heavy (non-hydrogen) atoms. The van der Waals surface area contributed by atoms with Crippen LogP contribution in [0.1, 0.15) is 10.6 Å². The average Bonchev–Trinajstić information content (AvgIpc) is 2.80. The van der Waals surface area contributed by atoms with Gasteiger partial charge in [-0.1, -0.05) is 12.1 Å². The van der Waals surface area contributed by atoms with E-state index in [0.29, 0.717) is 12.2 Å². The molecular weight excluding hydrogens is 213 g/mol. The maximum atomic E-state index is 12.2. The summed E-state index contributed by atoms with van der Waals surface area (Å²) in [6.45, 7) is 0.0272. The van der Waals surface area contributed by atoms with Gasteiger partial charge in [0.25, 0.3) is 0 Å². The van der Waals surface area contributed by atoms with Crippen molar-refractivity contribution in [2.75, 3.05) is 0 Å². The van der Waals surface area contributed by atoms with Gasteiger partial charge in [-0.15, -0.1) is 11.3 Å². The lowest BCUT2D eigenvalue weighted by Crippen LogP contribution is -1.94. The van der Waals surface area contributed by atoms with Gasteiger partial charge in [-0.25, -0.2) is 9.37 Å². The number of hydrogen-bond donors (Lipinski definition) is 0. The summed E-state index contributed by atoms with van der Waals surface area (Å²) in [5.74, 6) is 0.738. The minimum absolute atomic E-state index is 0.438. The van der Waals surface area contributed by atoms with E-state index in [4.69, 9.17) is 4.74 Å². The molecule has 0 unspecified atom stereocenters. The Balaban J connectivity index is 1.93. The number of halogens is 1. The van der Waals surface area contributed by atoms with Crippen LogP contribution in [-0.4, -0.2) is 4.98 Å². The lowest BCUT2D eigenvalue weighted by molar-refractivity contribution is 0.305. The first-order valence-corrected chi connectivity index (χ1v) is 5.42. The van der Waals surface area contributed by atoms with Gasteiger partial charge < -0.3 is 4.74 Å². The maximum Gasteiger partial charge on any atom is 0.140 e. The van der Waals surface area contributed by atoms with Crippen LogP contribution >= 0.6 is 11.3 Å². The van der Waals surface area contributed by atoms with Crippen LogP contribution < -0.4 is 4.74 Å². The molecule has 0 aliphatic carbocycles. The Kier molecular flexibility index (Phi) is 3.29. The average molecular weight is 223 g/mol. The summed E-state index contributed by atoms with van der Waals surface area (Å²) in [6, 6.07) is 6.97. The summed E-state index contributed by atoms with van der Waals surface area (Å²) in [4.78, 5) is 4.10. The zero-order chi connectivity index (χ0) is 10.5. The highest BCUT2D eigenvalue weighted by Crippen LogP contribution is 2.15. The predicted molar refractivity (Wildman–Crippen MR) is 57.7 cm³/mol. The van der Waals surface area contributed by atoms with Crippen LogP contribution in [0.5, 0.6) is 5.75 Å². The zero-order valence-electron chi connectivity index (χ0n) is 8.02. The third-order valence-electron chi connectivity index (χ3n) is 1.92. The van der Waals surface area contributed by atoms with Crippen molar-refractivity contribution in [1.82, 2.24) is 4.98 Å². The van der Waals surface area contributed by atoms with Gasteiger partial charge in [0.15, 0.2) is 0 Å². The van der Waals surface area contributed by atoms with E-state index in [1.807, 2.05) is 5.38 Å². The molecule has 0 atom stereocenters. The number of aromatic nitrogens is 1. The molecule has 2 nitrogen and oxygen atoms in total. The molecule has 2 aromatic rings. The van der Waals surface area contributed by atoms with Crippen molar-refractivity contribution in [1.29, 1.82) is 0 Å². The van der Waals surface area contributed by atoms with Gasteiger partial charge in [0.2, 0.25) is 0 Å². The number of alkyl halides is 1. The smallest absolute Gasteiger partial charge is 0.140 e. The normalized spacial score (nSPS) is 10.2. The first-order chi connectivity index (χ1) is 7.38. The molecular formula is C11H10FNOS. The standard InChI is InChI=1S/C11H10FNOS/c12-7-9-1-3-10(4-2-9)14-8-11-13-5-6-15-11/h1-6H,7-8H2.